The molecule has 27 heavy (non-hydrogen) atoms. The molecule has 0 bridgehead atoms. The molecule has 1 aliphatic carbocycles. The molecule has 0 radical (unpaired) electrons. The van der Waals surface area contributed by atoms with Gasteiger partial charge in [0.15, 0.2) is 0 Å². The maximum absolute atomic E-state index is 6.16. The summed E-state index contributed by atoms with van der Waals surface area (Å²) >= 11 is 0. The molecule has 3 unspecified atom stereocenters. The highest BCUT2D eigenvalue weighted by Gasteiger charge is 2.27. The van der Waals surface area contributed by atoms with Crippen molar-refractivity contribution in [1.82, 2.24) is 5.32 Å². The summed E-state index contributed by atoms with van der Waals surface area (Å²) in [5.41, 5.74) is 12.6. The standard InChI is InChI=1S/C25H40N2/c1-15(2)21-12-22(16(3)4)19(8)25(13-21)27-14-18(7)20-9-10-24(26)23(11-20)17(5)6/h9-13,15-19,22,27H,14,26H2,1-8H3. The number of hydrogen-bond acceptors (Lipinski definition) is 2. The first-order chi connectivity index (χ1) is 12.6. The number of nitrogens with one attached hydrogen (secondary N) is 1. The Morgan fingerprint density at radius 2 is 1.67 bits per heavy atom. The van der Waals surface area contributed by atoms with E-state index >= 15 is 0 Å². The molecule has 1 aromatic carbocycles. The first kappa shape index (κ1) is 21.6. The van der Waals surface area contributed by atoms with Crippen molar-refractivity contribution in [1.29, 1.82) is 0 Å². The van der Waals surface area contributed by atoms with E-state index in [1.807, 2.05) is 0 Å². The third-order valence-electron chi connectivity index (χ3n) is 6.13. The fourth-order valence-electron chi connectivity index (χ4n) is 4.06. The predicted octanol–water partition coefficient (Wildman–Crippen LogP) is 6.47. The molecule has 0 fully saturated rings. The molecule has 3 N–H and O–H groups in total. The number of allylic oxidation sites excluding steroid dienone is 4. The van der Waals surface area contributed by atoms with Gasteiger partial charge in [0, 0.05) is 23.8 Å². The largest absolute Gasteiger partial charge is 0.398 e. The quantitative estimate of drug-likeness (QED) is 0.541. The van der Waals surface area contributed by atoms with Crippen molar-refractivity contribution in [2.24, 2.45) is 23.7 Å². The van der Waals surface area contributed by atoms with Crippen molar-refractivity contribution in [2.45, 2.75) is 67.2 Å². The fraction of sp³-hybridized carbons (Fsp3) is 0.600. The lowest BCUT2D eigenvalue weighted by Gasteiger charge is -2.33. The van der Waals surface area contributed by atoms with Crippen LogP contribution in [0, 0.1) is 23.7 Å². The number of nitrogen functional groups attached to an aromatic ring is 1. The Balaban J connectivity index is 2.14. The Bertz CT molecular complexity index is 694. The van der Waals surface area contributed by atoms with Crippen molar-refractivity contribution in [3.63, 3.8) is 0 Å². The Labute approximate surface area is 167 Å². The Morgan fingerprint density at radius 3 is 2.22 bits per heavy atom. The van der Waals surface area contributed by atoms with E-state index in [0.717, 1.165) is 12.2 Å². The summed E-state index contributed by atoms with van der Waals surface area (Å²) in [6.45, 7) is 19.3. The highest BCUT2D eigenvalue weighted by atomic mass is 14.9. The lowest BCUT2D eigenvalue weighted by molar-refractivity contribution is 0.347. The SMILES string of the molecule is CC(C)C1=CC(C(C)C)C(C)C(NCC(C)c2ccc(N)c(C(C)C)c2)=C1. The zero-order chi connectivity index (χ0) is 20.3. The second-order valence-corrected chi connectivity index (χ2v) is 9.36. The van der Waals surface area contributed by atoms with E-state index in [0.29, 0.717) is 35.5 Å². The molecule has 0 amide bonds. The van der Waals surface area contributed by atoms with Gasteiger partial charge in [0.2, 0.25) is 0 Å². The van der Waals surface area contributed by atoms with Crippen molar-refractivity contribution in [3.8, 4) is 0 Å². The van der Waals surface area contributed by atoms with E-state index in [9.17, 15) is 0 Å². The maximum Gasteiger partial charge on any atom is 0.0349 e. The molecule has 0 aromatic heterocycles. The summed E-state index contributed by atoms with van der Waals surface area (Å²) < 4.78 is 0. The summed E-state index contributed by atoms with van der Waals surface area (Å²) in [4.78, 5) is 0. The van der Waals surface area contributed by atoms with Crippen LogP contribution in [0.15, 0.2) is 41.6 Å². The van der Waals surface area contributed by atoms with Crippen LogP contribution in [0.25, 0.3) is 0 Å². The highest BCUT2D eigenvalue weighted by Crippen LogP contribution is 2.35. The van der Waals surface area contributed by atoms with Gasteiger partial charge < -0.3 is 11.1 Å². The van der Waals surface area contributed by atoms with Crippen LogP contribution >= 0.6 is 0 Å². The second-order valence-electron chi connectivity index (χ2n) is 9.36. The molecule has 1 aliphatic rings. The van der Waals surface area contributed by atoms with Gasteiger partial charge >= 0.3 is 0 Å². The lowest BCUT2D eigenvalue weighted by atomic mass is 9.76. The van der Waals surface area contributed by atoms with Gasteiger partial charge in [0.1, 0.15) is 0 Å². The van der Waals surface area contributed by atoms with Gasteiger partial charge in [-0.15, -0.1) is 0 Å². The summed E-state index contributed by atoms with van der Waals surface area (Å²) in [6.07, 6.45) is 4.90. The summed E-state index contributed by atoms with van der Waals surface area (Å²) in [5, 5.41) is 3.79. The van der Waals surface area contributed by atoms with Gasteiger partial charge in [-0.3, -0.25) is 0 Å². The molecular weight excluding hydrogens is 328 g/mol. The normalized spacial score (nSPS) is 21.4. The number of rotatable bonds is 7. The molecule has 1 aromatic rings. The smallest absolute Gasteiger partial charge is 0.0349 e. The minimum Gasteiger partial charge on any atom is -0.398 e. The predicted molar refractivity (Wildman–Crippen MR) is 120 cm³/mol. The molecule has 0 saturated heterocycles. The van der Waals surface area contributed by atoms with E-state index in [4.69, 9.17) is 5.73 Å². The average molecular weight is 369 g/mol. The number of benzene rings is 1. The zero-order valence-electron chi connectivity index (χ0n) is 18.6. The molecule has 2 nitrogen and oxygen atoms in total. The van der Waals surface area contributed by atoms with Crippen molar-refractivity contribution in [2.75, 3.05) is 12.3 Å². The molecule has 3 atom stereocenters. The average Bonchev–Trinajstić information content (AvgIpc) is 2.60. The van der Waals surface area contributed by atoms with Crippen LogP contribution in [0.4, 0.5) is 5.69 Å². The van der Waals surface area contributed by atoms with Gasteiger partial charge in [0.25, 0.3) is 0 Å². The minimum absolute atomic E-state index is 0.446. The van der Waals surface area contributed by atoms with Gasteiger partial charge in [0.05, 0.1) is 0 Å². The maximum atomic E-state index is 6.16. The molecule has 0 heterocycles. The summed E-state index contributed by atoms with van der Waals surface area (Å²) in [6, 6.07) is 6.54. The molecule has 0 aliphatic heterocycles. The Kier molecular flexibility index (Phi) is 7.19. The number of nitrogens with two attached hydrogens (primary N) is 1. The summed E-state index contributed by atoms with van der Waals surface area (Å²) in [7, 11) is 0. The van der Waals surface area contributed by atoms with Gasteiger partial charge in [-0.2, -0.15) is 0 Å². The third-order valence-corrected chi connectivity index (χ3v) is 6.13. The van der Waals surface area contributed by atoms with Crippen LogP contribution in [0.3, 0.4) is 0 Å². The second kappa shape index (κ2) is 8.99. The first-order valence-corrected chi connectivity index (χ1v) is 10.7. The first-order valence-electron chi connectivity index (χ1n) is 10.7. The topological polar surface area (TPSA) is 38.0 Å². The summed E-state index contributed by atoms with van der Waals surface area (Å²) in [5.74, 6) is 3.27. The minimum atomic E-state index is 0.446. The van der Waals surface area contributed by atoms with Crippen LogP contribution in [0.2, 0.25) is 0 Å². The Hall–Kier alpha value is -1.70. The molecular formula is C25H40N2. The van der Waals surface area contributed by atoms with Gasteiger partial charge in [-0.05, 0) is 58.4 Å². The number of hydrogen-bond donors (Lipinski definition) is 2. The van der Waals surface area contributed by atoms with Crippen LogP contribution in [-0.2, 0) is 0 Å². The van der Waals surface area contributed by atoms with Crippen LogP contribution in [0.5, 0.6) is 0 Å². The van der Waals surface area contributed by atoms with E-state index in [1.165, 1.54) is 22.4 Å². The van der Waals surface area contributed by atoms with E-state index in [2.05, 4.69) is 91.1 Å². The van der Waals surface area contributed by atoms with Crippen molar-refractivity contribution < 1.29 is 0 Å². The molecule has 2 heteroatoms. The fourth-order valence-corrected chi connectivity index (χ4v) is 4.06. The number of anilines is 1. The monoisotopic (exact) mass is 368 g/mol. The third kappa shape index (κ3) is 5.18. The van der Waals surface area contributed by atoms with Gasteiger partial charge in [-0.25, -0.2) is 0 Å². The van der Waals surface area contributed by atoms with E-state index in [1.54, 1.807) is 0 Å². The lowest BCUT2D eigenvalue weighted by Crippen LogP contribution is -2.31. The molecule has 0 saturated carbocycles. The van der Waals surface area contributed by atoms with Crippen LogP contribution in [0.1, 0.15) is 78.4 Å². The molecule has 0 spiro atoms. The molecule has 2 rings (SSSR count). The van der Waals surface area contributed by atoms with Crippen molar-refractivity contribution in [3.05, 3.63) is 52.7 Å². The van der Waals surface area contributed by atoms with Crippen molar-refractivity contribution >= 4 is 5.69 Å². The highest BCUT2D eigenvalue weighted by molar-refractivity contribution is 5.50. The molecule has 150 valence electrons. The zero-order valence-corrected chi connectivity index (χ0v) is 18.6. The van der Waals surface area contributed by atoms with Gasteiger partial charge in [-0.1, -0.05) is 73.6 Å². The van der Waals surface area contributed by atoms with E-state index < -0.39 is 0 Å². The van der Waals surface area contributed by atoms with Crippen LogP contribution < -0.4 is 11.1 Å². The van der Waals surface area contributed by atoms with E-state index in [-0.39, 0.29) is 0 Å². The van der Waals surface area contributed by atoms with Crippen LogP contribution in [-0.4, -0.2) is 6.54 Å². The Morgan fingerprint density at radius 1 is 1.00 bits per heavy atom.